The van der Waals surface area contributed by atoms with E-state index >= 15 is 0 Å². The third-order valence-corrected chi connectivity index (χ3v) is 10.9. The summed E-state index contributed by atoms with van der Waals surface area (Å²) in [4.78, 5) is 26.2. The van der Waals surface area contributed by atoms with Gasteiger partial charge in [0.2, 0.25) is 0 Å². The summed E-state index contributed by atoms with van der Waals surface area (Å²) in [6, 6.07) is 62.6. The number of nitrogens with zero attached hydrogens (tertiary/aromatic N) is 6. The Kier molecular flexibility index (Phi) is 19.0. The summed E-state index contributed by atoms with van der Waals surface area (Å²) < 4.78 is 2.13. The third kappa shape index (κ3) is 13.2. The average Bonchev–Trinajstić information content (AvgIpc) is 4.23. The number of aromatic nitrogens is 4. The van der Waals surface area contributed by atoms with Gasteiger partial charge in [-0.05, 0) is 105 Å². The normalized spacial score (nSPS) is 13.2. The maximum atomic E-state index is 4.45. The van der Waals surface area contributed by atoms with Crippen LogP contribution in [0.15, 0.2) is 249 Å². The van der Waals surface area contributed by atoms with Crippen molar-refractivity contribution in [2.45, 2.75) is 0 Å². The fourth-order valence-corrected chi connectivity index (χ4v) is 7.36. The SMILES string of the molecule is Brc1ccc(C(=C2C=CC=N2)c2ccc[n-]2)cc1.Brc1ccc(C(=C2C=CC=N2)c2ccc[n-]2)cc1.[Ir].[Ir].[c-]1ccccc1-c1ccccn1.[c-]1ccccc1-c1nccc2ccccc12. The number of aliphatic imine (C=N–C) groups is 2. The molecule has 6 heterocycles. The molecule has 0 saturated carbocycles. The molecule has 66 heavy (non-hydrogen) atoms. The van der Waals surface area contributed by atoms with Crippen LogP contribution in [0.4, 0.5) is 0 Å². The monoisotopic (exact) mass is 1340 g/mol. The van der Waals surface area contributed by atoms with Gasteiger partial charge in [0.1, 0.15) is 0 Å². The van der Waals surface area contributed by atoms with Gasteiger partial charge in [-0.2, -0.15) is 12.4 Å². The van der Waals surface area contributed by atoms with Crippen LogP contribution in [-0.4, -0.2) is 22.4 Å². The standard InChI is InChI=1S/2C15H10BrN2.C15H10N.C11H8N.2Ir/c2*16-12-7-5-11(6-8-12)15(13-3-1-9-17-13)14-4-2-10-18-14;1-2-7-13(8-3-1)15-14-9-5-4-6-12(14)10-11-16-15;1-2-6-10(7-3-1)11-8-4-5-9-12-11;;/h2*1-10H;1-7,9-11H;1-6,8-9H;;/q4*-1;;. The van der Waals surface area contributed by atoms with E-state index in [2.05, 4.69) is 110 Å². The second-order valence-corrected chi connectivity index (χ2v) is 15.8. The molecule has 5 aromatic carbocycles. The van der Waals surface area contributed by atoms with Crippen molar-refractivity contribution in [1.29, 1.82) is 0 Å². The number of fused-ring (bicyclic) bond motifs is 1. The molecule has 6 nitrogen and oxygen atoms in total. The molecule has 328 valence electrons. The molecule has 4 aromatic heterocycles. The quantitative estimate of drug-likeness (QED) is 0.155. The molecular weight excluding hydrogens is 1300 g/mol. The third-order valence-electron chi connectivity index (χ3n) is 9.79. The molecule has 0 bridgehead atoms. The number of rotatable bonds is 6. The van der Waals surface area contributed by atoms with Crippen molar-refractivity contribution in [1.82, 2.24) is 19.9 Å². The zero-order valence-electron chi connectivity index (χ0n) is 35.0. The summed E-state index contributed by atoms with van der Waals surface area (Å²) in [7, 11) is 0. The van der Waals surface area contributed by atoms with Crippen LogP contribution in [-0.2, 0) is 40.2 Å². The van der Waals surface area contributed by atoms with Crippen LogP contribution in [0.2, 0.25) is 0 Å². The predicted molar refractivity (Wildman–Crippen MR) is 270 cm³/mol. The predicted octanol–water partition coefficient (Wildman–Crippen LogP) is 13.9. The Balaban J connectivity index is 0.000000145. The first-order valence-corrected chi connectivity index (χ1v) is 22.0. The molecule has 0 fully saturated rings. The fourth-order valence-electron chi connectivity index (χ4n) is 6.83. The van der Waals surface area contributed by atoms with Crippen molar-refractivity contribution in [2.75, 3.05) is 0 Å². The molecule has 0 spiro atoms. The minimum atomic E-state index is 0. The van der Waals surface area contributed by atoms with E-state index in [0.717, 1.165) is 76.5 Å². The molecule has 0 amide bonds. The van der Waals surface area contributed by atoms with Gasteiger partial charge in [0.15, 0.2) is 0 Å². The van der Waals surface area contributed by atoms with Crippen LogP contribution in [0, 0.1) is 12.1 Å². The van der Waals surface area contributed by atoms with Gasteiger partial charge in [-0.25, -0.2) is 0 Å². The molecule has 0 saturated heterocycles. The van der Waals surface area contributed by atoms with Gasteiger partial charge in [-0.3, -0.25) is 9.98 Å². The molecule has 0 N–H and O–H groups in total. The Bertz CT molecular complexity index is 2880. The van der Waals surface area contributed by atoms with E-state index < -0.39 is 0 Å². The largest absolute Gasteiger partial charge is 0.664 e. The Morgan fingerprint density at radius 3 is 1.47 bits per heavy atom. The maximum absolute atomic E-state index is 4.45. The van der Waals surface area contributed by atoms with Crippen LogP contribution < -0.4 is 9.97 Å². The second kappa shape index (κ2) is 25.5. The molecule has 10 heteroatoms. The summed E-state index contributed by atoms with van der Waals surface area (Å²) in [6.07, 6.45) is 18.7. The van der Waals surface area contributed by atoms with Gasteiger partial charge >= 0.3 is 0 Å². The van der Waals surface area contributed by atoms with Gasteiger partial charge in [0.05, 0.1) is 11.4 Å². The van der Waals surface area contributed by atoms with Crippen molar-refractivity contribution in [3.8, 4) is 22.5 Å². The van der Waals surface area contributed by atoms with E-state index in [1.165, 1.54) is 10.8 Å². The van der Waals surface area contributed by atoms with Crippen LogP contribution >= 0.6 is 31.9 Å². The minimum absolute atomic E-state index is 0. The van der Waals surface area contributed by atoms with Gasteiger partial charge in [0, 0.05) is 74.0 Å². The number of halogens is 2. The van der Waals surface area contributed by atoms with Crippen LogP contribution in [0.25, 0.3) is 44.4 Å². The van der Waals surface area contributed by atoms with E-state index in [4.69, 9.17) is 0 Å². The Labute approximate surface area is 429 Å². The van der Waals surface area contributed by atoms with Crippen molar-refractivity contribution in [3.05, 3.63) is 274 Å². The van der Waals surface area contributed by atoms with Gasteiger partial charge in [0.25, 0.3) is 0 Å². The summed E-state index contributed by atoms with van der Waals surface area (Å²) in [6.45, 7) is 0. The maximum Gasteiger partial charge on any atom is 0.0696 e. The summed E-state index contributed by atoms with van der Waals surface area (Å²) in [5.41, 5.74) is 12.2. The molecule has 2 radical (unpaired) electrons. The molecule has 2 aliphatic rings. The zero-order valence-corrected chi connectivity index (χ0v) is 43.0. The first kappa shape index (κ1) is 49.2. The molecule has 9 aromatic rings. The zero-order chi connectivity index (χ0) is 43.8. The van der Waals surface area contributed by atoms with E-state index in [9.17, 15) is 0 Å². The first-order chi connectivity index (χ1) is 31.6. The topological polar surface area (TPSA) is 78.7 Å². The van der Waals surface area contributed by atoms with Crippen LogP contribution in [0.1, 0.15) is 22.5 Å². The average molecular weight is 1340 g/mol. The van der Waals surface area contributed by atoms with E-state index in [-0.39, 0.29) is 40.2 Å². The smallest absolute Gasteiger partial charge is 0.0696 e. The fraction of sp³-hybridized carbons (Fsp3) is 0. The van der Waals surface area contributed by atoms with Gasteiger partial charge in [-0.15, -0.1) is 83.2 Å². The van der Waals surface area contributed by atoms with Crippen LogP contribution in [0.5, 0.6) is 0 Å². The number of pyridine rings is 2. The first-order valence-electron chi connectivity index (χ1n) is 20.4. The Morgan fingerprint density at radius 1 is 0.470 bits per heavy atom. The summed E-state index contributed by atoms with van der Waals surface area (Å²) >= 11 is 6.90. The summed E-state index contributed by atoms with van der Waals surface area (Å²) in [5.74, 6) is 0. The molecule has 0 aliphatic carbocycles. The number of hydrogen-bond donors (Lipinski definition) is 0. The molecular formula is C56H38Br2Ir2N6-4. The van der Waals surface area contributed by atoms with Gasteiger partial charge < -0.3 is 19.9 Å². The van der Waals surface area contributed by atoms with Gasteiger partial charge in [-0.1, -0.05) is 117 Å². The molecule has 0 unspecified atom stereocenters. The number of allylic oxidation sites excluding steroid dienone is 4. The number of hydrogen-bond acceptors (Lipinski definition) is 4. The van der Waals surface area contributed by atoms with Crippen LogP contribution in [0.3, 0.4) is 0 Å². The number of benzene rings is 5. The summed E-state index contributed by atoms with van der Waals surface area (Å²) in [5, 5.41) is 2.39. The molecule has 2 aliphatic heterocycles. The van der Waals surface area contributed by atoms with Crippen molar-refractivity contribution in [2.24, 2.45) is 9.98 Å². The molecule has 0 atom stereocenters. The van der Waals surface area contributed by atoms with E-state index in [1.54, 1.807) is 31.0 Å². The second-order valence-electron chi connectivity index (χ2n) is 14.0. The Morgan fingerprint density at radius 2 is 1.00 bits per heavy atom. The van der Waals surface area contributed by atoms with Crippen molar-refractivity contribution < 1.29 is 40.2 Å². The van der Waals surface area contributed by atoms with E-state index in [0.29, 0.717) is 0 Å². The molecule has 11 rings (SSSR count). The van der Waals surface area contributed by atoms with Crippen molar-refractivity contribution >= 4 is 66.2 Å². The Hall–Kier alpha value is -6.22. The van der Waals surface area contributed by atoms with Crippen molar-refractivity contribution in [3.63, 3.8) is 0 Å². The minimum Gasteiger partial charge on any atom is -0.664 e. The van der Waals surface area contributed by atoms with E-state index in [1.807, 2.05) is 164 Å².